The van der Waals surface area contributed by atoms with Gasteiger partial charge in [-0.15, -0.1) is 0 Å². The van der Waals surface area contributed by atoms with E-state index >= 15 is 0 Å². The molecule has 4 heteroatoms. The van der Waals surface area contributed by atoms with Crippen molar-refractivity contribution in [3.63, 3.8) is 0 Å². The fourth-order valence-corrected chi connectivity index (χ4v) is 0.224. The maximum Gasteiger partial charge on any atom is 0.308 e. The summed E-state index contributed by atoms with van der Waals surface area (Å²) in [5, 5.41) is 0. The van der Waals surface area contributed by atoms with Crippen LogP contribution in [-0.2, 0) is 14.3 Å². The standard InChI is InChI=1S/C5H7NO3/c1-3(5(6)8)9-4(2)7/h1H2,2H3,(H2,6,8). The van der Waals surface area contributed by atoms with E-state index in [2.05, 4.69) is 17.0 Å². The molecule has 2 N–H and O–H groups in total. The van der Waals surface area contributed by atoms with Gasteiger partial charge in [0.15, 0.2) is 5.76 Å². The second kappa shape index (κ2) is 2.86. The molecule has 0 radical (unpaired) electrons. The summed E-state index contributed by atoms with van der Waals surface area (Å²) in [5.41, 5.74) is 4.67. The van der Waals surface area contributed by atoms with Gasteiger partial charge in [-0.05, 0) is 0 Å². The lowest BCUT2D eigenvalue weighted by atomic mass is 10.5. The van der Waals surface area contributed by atoms with Gasteiger partial charge in [0.1, 0.15) is 0 Å². The first-order valence-electron chi connectivity index (χ1n) is 2.21. The molecule has 4 nitrogen and oxygen atoms in total. The molecule has 9 heavy (non-hydrogen) atoms. The molecule has 50 valence electrons. The highest BCUT2D eigenvalue weighted by Crippen LogP contribution is 1.90. The molecule has 0 bridgehead atoms. The van der Waals surface area contributed by atoms with Gasteiger partial charge in [0, 0.05) is 6.92 Å². The molecule has 1 amide bonds. The Balaban J connectivity index is 3.79. The number of hydrogen-bond acceptors (Lipinski definition) is 3. The monoisotopic (exact) mass is 129 g/mol. The lowest BCUT2D eigenvalue weighted by molar-refractivity contribution is -0.140. The average molecular weight is 129 g/mol. The number of hydrogen-bond donors (Lipinski definition) is 1. The van der Waals surface area contributed by atoms with Crippen molar-refractivity contribution in [1.82, 2.24) is 0 Å². The minimum atomic E-state index is -0.829. The van der Waals surface area contributed by atoms with Gasteiger partial charge in [-0.3, -0.25) is 9.59 Å². The number of rotatable bonds is 2. The second-order valence-corrected chi connectivity index (χ2v) is 1.38. The van der Waals surface area contributed by atoms with Crippen molar-refractivity contribution in [3.8, 4) is 0 Å². The molecular formula is C5H7NO3. The maximum atomic E-state index is 10.1. The van der Waals surface area contributed by atoms with Crippen LogP contribution in [0.1, 0.15) is 6.92 Å². The van der Waals surface area contributed by atoms with Crippen molar-refractivity contribution >= 4 is 11.9 Å². The zero-order chi connectivity index (χ0) is 7.44. The Hall–Kier alpha value is -1.32. The number of esters is 1. The number of carbonyl (C=O) groups excluding carboxylic acids is 2. The van der Waals surface area contributed by atoms with Crippen LogP contribution in [-0.4, -0.2) is 11.9 Å². The highest BCUT2D eigenvalue weighted by Gasteiger charge is 2.03. The van der Waals surface area contributed by atoms with Crippen LogP contribution in [0.15, 0.2) is 12.3 Å². The summed E-state index contributed by atoms with van der Waals surface area (Å²) >= 11 is 0. The first kappa shape index (κ1) is 7.68. The van der Waals surface area contributed by atoms with E-state index in [9.17, 15) is 9.59 Å². The van der Waals surface area contributed by atoms with E-state index in [0.29, 0.717) is 0 Å². The van der Waals surface area contributed by atoms with E-state index in [1.54, 1.807) is 0 Å². The maximum absolute atomic E-state index is 10.1. The Morgan fingerprint density at radius 1 is 1.56 bits per heavy atom. The van der Waals surface area contributed by atoms with Crippen LogP contribution < -0.4 is 5.73 Å². The first-order chi connectivity index (χ1) is 4.04. The largest absolute Gasteiger partial charge is 0.421 e. The molecule has 0 rings (SSSR count). The third-order valence-corrected chi connectivity index (χ3v) is 0.542. The van der Waals surface area contributed by atoms with E-state index in [1.165, 1.54) is 0 Å². The van der Waals surface area contributed by atoms with E-state index in [4.69, 9.17) is 0 Å². The molecule has 0 unspecified atom stereocenters. The molecule has 0 spiro atoms. The zero-order valence-corrected chi connectivity index (χ0v) is 5.01. The Kier molecular flexibility index (Phi) is 2.44. The second-order valence-electron chi connectivity index (χ2n) is 1.38. The molecule has 0 aromatic heterocycles. The minimum Gasteiger partial charge on any atom is -0.421 e. The van der Waals surface area contributed by atoms with E-state index in [0.717, 1.165) is 6.92 Å². The normalized spacial score (nSPS) is 8.11. The molecule has 0 aliphatic heterocycles. The van der Waals surface area contributed by atoms with E-state index in [1.807, 2.05) is 0 Å². The zero-order valence-electron chi connectivity index (χ0n) is 5.01. The third kappa shape index (κ3) is 3.28. The van der Waals surface area contributed by atoms with Gasteiger partial charge in [0.25, 0.3) is 5.91 Å². The molecule has 0 fully saturated rings. The SMILES string of the molecule is C=C(OC(C)=O)C(N)=O. The van der Waals surface area contributed by atoms with Crippen molar-refractivity contribution in [2.75, 3.05) is 0 Å². The highest BCUT2D eigenvalue weighted by molar-refractivity contribution is 5.91. The van der Waals surface area contributed by atoms with Gasteiger partial charge in [0.05, 0.1) is 0 Å². The van der Waals surface area contributed by atoms with Crippen LogP contribution >= 0.6 is 0 Å². The van der Waals surface area contributed by atoms with Gasteiger partial charge in [-0.1, -0.05) is 6.58 Å². The average Bonchev–Trinajstić information content (AvgIpc) is 1.63. The lowest BCUT2D eigenvalue weighted by Gasteiger charge is -1.97. The van der Waals surface area contributed by atoms with Crippen LogP contribution in [0.3, 0.4) is 0 Å². The van der Waals surface area contributed by atoms with E-state index < -0.39 is 11.9 Å². The number of carbonyl (C=O) groups is 2. The van der Waals surface area contributed by atoms with Crippen LogP contribution in [0, 0.1) is 0 Å². The van der Waals surface area contributed by atoms with Crippen LogP contribution in [0.4, 0.5) is 0 Å². The molecule has 0 aromatic rings. The Morgan fingerprint density at radius 2 is 2.00 bits per heavy atom. The van der Waals surface area contributed by atoms with Gasteiger partial charge < -0.3 is 10.5 Å². The fourth-order valence-electron chi connectivity index (χ4n) is 0.224. The van der Waals surface area contributed by atoms with E-state index in [-0.39, 0.29) is 5.76 Å². The lowest BCUT2D eigenvalue weighted by Crippen LogP contribution is -2.16. The Labute approximate surface area is 52.3 Å². The van der Waals surface area contributed by atoms with Crippen LogP contribution in [0.25, 0.3) is 0 Å². The molecule has 0 saturated heterocycles. The van der Waals surface area contributed by atoms with Crippen molar-refractivity contribution in [2.24, 2.45) is 5.73 Å². The topological polar surface area (TPSA) is 69.4 Å². The van der Waals surface area contributed by atoms with Crippen molar-refractivity contribution < 1.29 is 14.3 Å². The number of primary amides is 1. The van der Waals surface area contributed by atoms with Gasteiger partial charge in [0.2, 0.25) is 0 Å². The van der Waals surface area contributed by atoms with Crippen molar-refractivity contribution in [2.45, 2.75) is 6.92 Å². The van der Waals surface area contributed by atoms with Crippen LogP contribution in [0.5, 0.6) is 0 Å². The molecule has 0 heterocycles. The first-order valence-corrected chi connectivity index (χ1v) is 2.21. The Bertz CT molecular complexity index is 162. The van der Waals surface area contributed by atoms with Crippen molar-refractivity contribution in [3.05, 3.63) is 12.3 Å². The number of ether oxygens (including phenoxy) is 1. The van der Waals surface area contributed by atoms with Crippen molar-refractivity contribution in [1.29, 1.82) is 0 Å². The molecule has 0 aliphatic rings. The number of amides is 1. The van der Waals surface area contributed by atoms with Gasteiger partial charge in [-0.25, -0.2) is 0 Å². The summed E-state index contributed by atoms with van der Waals surface area (Å²) in [6.07, 6.45) is 0. The quantitative estimate of drug-likeness (QED) is 0.312. The minimum absolute atomic E-state index is 0.331. The molecular weight excluding hydrogens is 122 g/mol. The summed E-state index contributed by atoms with van der Waals surface area (Å²) in [4.78, 5) is 20.1. The molecule has 0 atom stereocenters. The summed E-state index contributed by atoms with van der Waals surface area (Å²) in [6, 6.07) is 0. The highest BCUT2D eigenvalue weighted by atomic mass is 16.5. The van der Waals surface area contributed by atoms with Gasteiger partial charge in [-0.2, -0.15) is 0 Å². The molecule has 0 saturated carbocycles. The number of nitrogens with two attached hydrogens (primary N) is 1. The molecule has 0 aliphatic carbocycles. The van der Waals surface area contributed by atoms with Gasteiger partial charge >= 0.3 is 5.97 Å². The summed E-state index contributed by atoms with van der Waals surface area (Å²) < 4.78 is 4.20. The smallest absolute Gasteiger partial charge is 0.308 e. The predicted molar refractivity (Wildman–Crippen MR) is 30.1 cm³/mol. The Morgan fingerprint density at radius 3 is 2.11 bits per heavy atom. The summed E-state index contributed by atoms with van der Waals surface area (Å²) in [5.74, 6) is -1.76. The summed E-state index contributed by atoms with van der Waals surface area (Å²) in [7, 11) is 0. The summed E-state index contributed by atoms with van der Waals surface area (Å²) in [6.45, 7) is 4.24. The predicted octanol–water partition coefficient (Wildman–Crippen LogP) is -0.451. The third-order valence-electron chi connectivity index (χ3n) is 0.542. The van der Waals surface area contributed by atoms with Crippen LogP contribution in [0.2, 0.25) is 0 Å². The fraction of sp³-hybridized carbons (Fsp3) is 0.200. The molecule has 0 aromatic carbocycles.